The van der Waals surface area contributed by atoms with Crippen LogP contribution in [0, 0.1) is 5.92 Å². The first-order valence-electron chi connectivity index (χ1n) is 4.64. The van der Waals surface area contributed by atoms with Crippen LogP contribution in [-0.4, -0.2) is 23.9 Å². The number of rotatable bonds is 4. The van der Waals surface area contributed by atoms with Crippen LogP contribution in [0.4, 0.5) is 0 Å². The molecule has 0 amide bonds. The second-order valence-corrected chi connectivity index (χ2v) is 3.85. The lowest BCUT2D eigenvalue weighted by Gasteiger charge is -2.31. The summed E-state index contributed by atoms with van der Waals surface area (Å²) in [6.45, 7) is 0.919. The quantitative estimate of drug-likeness (QED) is 0.665. The van der Waals surface area contributed by atoms with Crippen molar-refractivity contribution in [2.24, 2.45) is 5.92 Å². The zero-order chi connectivity index (χ0) is 7.68. The monoisotopic (exact) mass is 156 g/mol. The molecule has 2 fully saturated rings. The molecule has 0 unspecified atom stereocenters. The van der Waals surface area contributed by atoms with Crippen LogP contribution in [0.15, 0.2) is 0 Å². The van der Waals surface area contributed by atoms with E-state index in [2.05, 4.69) is 0 Å². The van der Waals surface area contributed by atoms with Gasteiger partial charge >= 0.3 is 0 Å². The second-order valence-electron chi connectivity index (χ2n) is 3.85. The summed E-state index contributed by atoms with van der Waals surface area (Å²) in [7, 11) is 0. The van der Waals surface area contributed by atoms with Crippen LogP contribution in [0.5, 0.6) is 0 Å². The summed E-state index contributed by atoms with van der Waals surface area (Å²) in [4.78, 5) is 0. The lowest BCUT2D eigenvalue weighted by atomic mass is 9.92. The highest BCUT2D eigenvalue weighted by Gasteiger charge is 2.28. The predicted octanol–water partition coefficient (Wildman–Crippen LogP) is 1.33. The molecule has 11 heavy (non-hydrogen) atoms. The highest BCUT2D eigenvalue weighted by Crippen LogP contribution is 2.33. The smallest absolute Gasteiger partial charge is 0.0624 e. The van der Waals surface area contributed by atoms with E-state index in [1.165, 1.54) is 19.3 Å². The van der Waals surface area contributed by atoms with E-state index in [9.17, 15) is 0 Å². The zero-order valence-electron chi connectivity index (χ0n) is 6.83. The minimum absolute atomic E-state index is 0.0686. The van der Waals surface area contributed by atoms with Crippen molar-refractivity contribution in [3.8, 4) is 0 Å². The standard InChI is InChI=1S/C9H16O2/c10-8-5-9(6-8)11-4-3-7-1-2-7/h7-10H,1-6H2. The maximum absolute atomic E-state index is 8.96. The molecule has 0 aromatic heterocycles. The van der Waals surface area contributed by atoms with Crippen LogP contribution in [0.25, 0.3) is 0 Å². The third-order valence-electron chi connectivity index (χ3n) is 2.65. The molecule has 0 saturated heterocycles. The number of aliphatic hydroxyl groups excluding tert-OH is 1. The topological polar surface area (TPSA) is 29.5 Å². The number of aliphatic hydroxyl groups is 1. The Hall–Kier alpha value is -0.0800. The van der Waals surface area contributed by atoms with Gasteiger partial charge in [-0.3, -0.25) is 0 Å². The van der Waals surface area contributed by atoms with Crippen molar-refractivity contribution >= 4 is 0 Å². The van der Waals surface area contributed by atoms with Crippen LogP contribution in [0.1, 0.15) is 32.1 Å². The van der Waals surface area contributed by atoms with E-state index in [0.717, 1.165) is 25.4 Å². The Balaban J connectivity index is 1.47. The van der Waals surface area contributed by atoms with Gasteiger partial charge in [0.05, 0.1) is 12.2 Å². The van der Waals surface area contributed by atoms with E-state index in [1.54, 1.807) is 0 Å². The average molecular weight is 156 g/mol. The molecule has 0 radical (unpaired) electrons. The molecule has 2 aliphatic rings. The van der Waals surface area contributed by atoms with Gasteiger partial charge in [0.1, 0.15) is 0 Å². The molecule has 1 N–H and O–H groups in total. The van der Waals surface area contributed by atoms with Crippen molar-refractivity contribution in [1.29, 1.82) is 0 Å². The Labute approximate surface area is 67.6 Å². The third kappa shape index (κ3) is 2.17. The first-order valence-corrected chi connectivity index (χ1v) is 4.64. The summed E-state index contributed by atoms with van der Waals surface area (Å²) in [6.07, 6.45) is 6.11. The summed E-state index contributed by atoms with van der Waals surface area (Å²) in [5.41, 5.74) is 0. The Morgan fingerprint density at radius 2 is 2.00 bits per heavy atom. The SMILES string of the molecule is OC1CC(OCCC2CC2)C1. The van der Waals surface area contributed by atoms with Crippen LogP contribution in [-0.2, 0) is 4.74 Å². The minimum Gasteiger partial charge on any atom is -0.393 e. The highest BCUT2D eigenvalue weighted by molar-refractivity contribution is 4.79. The molecule has 2 heteroatoms. The van der Waals surface area contributed by atoms with Crippen molar-refractivity contribution in [2.45, 2.75) is 44.3 Å². The third-order valence-corrected chi connectivity index (χ3v) is 2.65. The summed E-state index contributed by atoms with van der Waals surface area (Å²) in [5.74, 6) is 0.972. The normalized spacial score (nSPS) is 36.8. The van der Waals surface area contributed by atoms with Crippen LogP contribution >= 0.6 is 0 Å². The van der Waals surface area contributed by atoms with Crippen molar-refractivity contribution < 1.29 is 9.84 Å². The van der Waals surface area contributed by atoms with Gasteiger partial charge in [-0.15, -0.1) is 0 Å². The van der Waals surface area contributed by atoms with E-state index < -0.39 is 0 Å². The van der Waals surface area contributed by atoms with Gasteiger partial charge in [0, 0.05) is 6.61 Å². The van der Waals surface area contributed by atoms with Crippen molar-refractivity contribution in [1.82, 2.24) is 0 Å². The fourth-order valence-electron chi connectivity index (χ4n) is 1.48. The van der Waals surface area contributed by atoms with Gasteiger partial charge in [-0.1, -0.05) is 12.8 Å². The van der Waals surface area contributed by atoms with Gasteiger partial charge in [-0.2, -0.15) is 0 Å². The number of ether oxygens (including phenoxy) is 1. The van der Waals surface area contributed by atoms with E-state index in [0.29, 0.717) is 6.10 Å². The van der Waals surface area contributed by atoms with Gasteiger partial charge in [-0.25, -0.2) is 0 Å². The maximum atomic E-state index is 8.96. The maximum Gasteiger partial charge on any atom is 0.0624 e. The molecule has 2 nitrogen and oxygen atoms in total. The van der Waals surface area contributed by atoms with Gasteiger partial charge in [0.2, 0.25) is 0 Å². The molecule has 0 heterocycles. The lowest BCUT2D eigenvalue weighted by molar-refractivity contribution is -0.0719. The van der Waals surface area contributed by atoms with Gasteiger partial charge in [-0.05, 0) is 25.2 Å². The average Bonchev–Trinajstić information content (AvgIpc) is 2.67. The Morgan fingerprint density at radius 1 is 1.27 bits per heavy atom. The molecule has 0 aliphatic heterocycles. The molecular weight excluding hydrogens is 140 g/mol. The molecule has 2 saturated carbocycles. The first kappa shape index (κ1) is 7.56. The lowest BCUT2D eigenvalue weighted by Crippen LogP contribution is -2.35. The van der Waals surface area contributed by atoms with E-state index >= 15 is 0 Å². The Morgan fingerprint density at radius 3 is 2.55 bits per heavy atom. The second kappa shape index (κ2) is 3.11. The Kier molecular flexibility index (Phi) is 2.14. The molecule has 0 atom stereocenters. The van der Waals surface area contributed by atoms with Gasteiger partial charge < -0.3 is 9.84 Å². The molecular formula is C9H16O2. The van der Waals surface area contributed by atoms with Crippen molar-refractivity contribution in [2.75, 3.05) is 6.61 Å². The summed E-state index contributed by atoms with van der Waals surface area (Å²) >= 11 is 0. The first-order chi connectivity index (χ1) is 5.34. The largest absolute Gasteiger partial charge is 0.393 e. The fraction of sp³-hybridized carbons (Fsp3) is 1.00. The van der Waals surface area contributed by atoms with Crippen LogP contribution in [0.2, 0.25) is 0 Å². The highest BCUT2D eigenvalue weighted by atomic mass is 16.5. The summed E-state index contributed by atoms with van der Waals surface area (Å²) < 4.78 is 5.54. The predicted molar refractivity (Wildman–Crippen MR) is 42.3 cm³/mol. The van der Waals surface area contributed by atoms with Gasteiger partial charge in [0.15, 0.2) is 0 Å². The van der Waals surface area contributed by atoms with E-state index in [1.807, 2.05) is 0 Å². The minimum atomic E-state index is -0.0686. The van der Waals surface area contributed by atoms with Crippen molar-refractivity contribution in [3.05, 3.63) is 0 Å². The number of hydrogen-bond acceptors (Lipinski definition) is 2. The van der Waals surface area contributed by atoms with E-state index in [4.69, 9.17) is 9.84 Å². The fourth-order valence-corrected chi connectivity index (χ4v) is 1.48. The summed E-state index contributed by atoms with van der Waals surface area (Å²) in [5, 5.41) is 8.96. The molecule has 0 aromatic rings. The van der Waals surface area contributed by atoms with Gasteiger partial charge in [0.25, 0.3) is 0 Å². The molecule has 2 aliphatic carbocycles. The van der Waals surface area contributed by atoms with Crippen molar-refractivity contribution in [3.63, 3.8) is 0 Å². The number of hydrogen-bond donors (Lipinski definition) is 1. The van der Waals surface area contributed by atoms with Crippen LogP contribution in [0.3, 0.4) is 0 Å². The zero-order valence-corrected chi connectivity index (χ0v) is 6.83. The molecule has 0 bridgehead atoms. The molecule has 64 valence electrons. The summed E-state index contributed by atoms with van der Waals surface area (Å²) in [6, 6.07) is 0. The molecule has 2 rings (SSSR count). The Bertz CT molecular complexity index is 126. The van der Waals surface area contributed by atoms with E-state index in [-0.39, 0.29) is 6.10 Å². The molecule has 0 aromatic carbocycles. The molecule has 0 spiro atoms. The van der Waals surface area contributed by atoms with Crippen LogP contribution < -0.4 is 0 Å².